The second-order valence-corrected chi connectivity index (χ2v) is 5.17. The van der Waals surface area contributed by atoms with Crippen molar-refractivity contribution in [2.75, 3.05) is 19.5 Å². The maximum absolute atomic E-state index is 12.2. The SMILES string of the molecule is COc1ccc(NC(=O)Cn2nnc(-c3ccc(C)o3)n2)cc1OC. The number of amides is 1. The van der Waals surface area contributed by atoms with Crippen molar-refractivity contribution in [2.45, 2.75) is 13.5 Å². The second-order valence-electron chi connectivity index (χ2n) is 5.17. The van der Waals surface area contributed by atoms with Crippen molar-refractivity contribution < 1.29 is 18.7 Å². The fourth-order valence-corrected chi connectivity index (χ4v) is 2.21. The molecule has 0 radical (unpaired) electrons. The summed E-state index contributed by atoms with van der Waals surface area (Å²) in [4.78, 5) is 13.3. The van der Waals surface area contributed by atoms with Gasteiger partial charge in [0.1, 0.15) is 12.3 Å². The molecule has 25 heavy (non-hydrogen) atoms. The highest BCUT2D eigenvalue weighted by molar-refractivity contribution is 5.90. The maximum atomic E-state index is 12.2. The summed E-state index contributed by atoms with van der Waals surface area (Å²) in [6, 6.07) is 8.65. The van der Waals surface area contributed by atoms with E-state index in [1.807, 2.05) is 6.92 Å². The standard InChI is InChI=1S/C16H17N5O4/c1-10-4-6-13(25-10)16-18-20-21(19-16)9-15(22)17-11-5-7-12(23-2)14(8-11)24-3/h4-8H,9H2,1-3H3,(H,17,22). The first-order valence-electron chi connectivity index (χ1n) is 7.45. The third-order valence-electron chi connectivity index (χ3n) is 3.37. The average molecular weight is 343 g/mol. The maximum Gasteiger partial charge on any atom is 0.248 e. The zero-order valence-electron chi connectivity index (χ0n) is 14.0. The van der Waals surface area contributed by atoms with Crippen molar-refractivity contribution in [3.05, 3.63) is 36.1 Å². The van der Waals surface area contributed by atoms with Crippen LogP contribution in [0.1, 0.15) is 5.76 Å². The minimum atomic E-state index is -0.299. The van der Waals surface area contributed by atoms with Crippen LogP contribution >= 0.6 is 0 Å². The van der Waals surface area contributed by atoms with Gasteiger partial charge in [0.15, 0.2) is 17.3 Å². The van der Waals surface area contributed by atoms with Gasteiger partial charge in [-0.25, -0.2) is 0 Å². The van der Waals surface area contributed by atoms with Crippen LogP contribution in [0.2, 0.25) is 0 Å². The molecule has 1 amide bonds. The lowest BCUT2D eigenvalue weighted by atomic mass is 10.2. The van der Waals surface area contributed by atoms with E-state index in [0.717, 1.165) is 5.76 Å². The first kappa shape index (κ1) is 16.5. The first-order valence-corrected chi connectivity index (χ1v) is 7.45. The third kappa shape index (κ3) is 3.77. The molecule has 9 heteroatoms. The number of tetrazole rings is 1. The van der Waals surface area contributed by atoms with Crippen LogP contribution in [0.4, 0.5) is 5.69 Å². The summed E-state index contributed by atoms with van der Waals surface area (Å²) in [6.45, 7) is 1.74. The van der Waals surface area contributed by atoms with Gasteiger partial charge < -0.3 is 19.2 Å². The number of aromatic nitrogens is 4. The molecule has 1 aromatic carbocycles. The van der Waals surface area contributed by atoms with E-state index in [1.54, 1.807) is 37.4 Å². The highest BCUT2D eigenvalue weighted by Gasteiger charge is 2.13. The van der Waals surface area contributed by atoms with Crippen molar-refractivity contribution in [2.24, 2.45) is 0 Å². The van der Waals surface area contributed by atoms with Gasteiger partial charge in [0.25, 0.3) is 0 Å². The van der Waals surface area contributed by atoms with Crippen molar-refractivity contribution in [3.63, 3.8) is 0 Å². The van der Waals surface area contributed by atoms with Crippen LogP contribution < -0.4 is 14.8 Å². The molecule has 2 heterocycles. The Morgan fingerprint density at radius 2 is 2.00 bits per heavy atom. The monoisotopic (exact) mass is 343 g/mol. The van der Waals surface area contributed by atoms with Crippen molar-refractivity contribution in [3.8, 4) is 23.1 Å². The Labute approximate surface area is 143 Å². The molecule has 3 aromatic rings. The summed E-state index contributed by atoms with van der Waals surface area (Å²) < 4.78 is 15.8. The summed E-state index contributed by atoms with van der Waals surface area (Å²) in [7, 11) is 3.07. The van der Waals surface area contributed by atoms with Crippen molar-refractivity contribution in [1.82, 2.24) is 20.2 Å². The number of benzene rings is 1. The summed E-state index contributed by atoms with van der Waals surface area (Å²) in [5.41, 5.74) is 0.574. The van der Waals surface area contributed by atoms with E-state index in [-0.39, 0.29) is 12.5 Å². The van der Waals surface area contributed by atoms with E-state index in [2.05, 4.69) is 20.7 Å². The number of nitrogens with one attached hydrogen (secondary N) is 1. The molecule has 1 N–H and O–H groups in total. The summed E-state index contributed by atoms with van der Waals surface area (Å²) in [6.07, 6.45) is 0. The lowest BCUT2D eigenvalue weighted by Crippen LogP contribution is -2.20. The summed E-state index contributed by atoms with van der Waals surface area (Å²) >= 11 is 0. The number of ether oxygens (including phenoxy) is 2. The zero-order chi connectivity index (χ0) is 17.8. The van der Waals surface area contributed by atoms with Gasteiger partial charge in [-0.15, -0.1) is 10.2 Å². The molecular formula is C16H17N5O4. The minimum Gasteiger partial charge on any atom is -0.493 e. The third-order valence-corrected chi connectivity index (χ3v) is 3.37. The molecule has 3 rings (SSSR count). The molecule has 0 fully saturated rings. The Morgan fingerprint density at radius 1 is 1.20 bits per heavy atom. The number of carbonyl (C=O) groups is 1. The van der Waals surface area contributed by atoms with Gasteiger partial charge in [-0.3, -0.25) is 4.79 Å². The molecule has 2 aromatic heterocycles. The van der Waals surface area contributed by atoms with Crippen LogP contribution in [0.25, 0.3) is 11.6 Å². The van der Waals surface area contributed by atoms with Gasteiger partial charge in [-0.2, -0.15) is 4.80 Å². The lowest BCUT2D eigenvalue weighted by Gasteiger charge is -2.10. The lowest BCUT2D eigenvalue weighted by molar-refractivity contribution is -0.117. The number of aryl methyl sites for hydroxylation is 1. The van der Waals surface area contributed by atoms with Crippen molar-refractivity contribution >= 4 is 11.6 Å². The summed E-state index contributed by atoms with van der Waals surface area (Å²) in [5, 5.41) is 14.6. The van der Waals surface area contributed by atoms with E-state index in [4.69, 9.17) is 13.9 Å². The number of rotatable bonds is 6. The molecule has 0 saturated carbocycles. The van der Waals surface area contributed by atoms with E-state index in [0.29, 0.717) is 28.8 Å². The number of carbonyl (C=O) groups excluding carboxylic acids is 1. The average Bonchev–Trinajstić information content (AvgIpc) is 3.23. The molecule has 0 atom stereocenters. The quantitative estimate of drug-likeness (QED) is 0.729. The van der Waals surface area contributed by atoms with Crippen LogP contribution in [0.3, 0.4) is 0 Å². The van der Waals surface area contributed by atoms with E-state index >= 15 is 0 Å². The molecule has 130 valence electrons. The van der Waals surface area contributed by atoms with Crippen LogP contribution in [0.5, 0.6) is 11.5 Å². The van der Waals surface area contributed by atoms with Crippen LogP contribution in [0, 0.1) is 6.92 Å². The molecule has 0 spiro atoms. The Bertz CT molecular complexity index is 886. The molecule has 0 unspecified atom stereocenters. The first-order chi connectivity index (χ1) is 12.1. The molecule has 0 aliphatic carbocycles. The number of nitrogens with zero attached hydrogens (tertiary/aromatic N) is 4. The van der Waals surface area contributed by atoms with E-state index < -0.39 is 0 Å². The molecule has 9 nitrogen and oxygen atoms in total. The highest BCUT2D eigenvalue weighted by Crippen LogP contribution is 2.29. The van der Waals surface area contributed by atoms with Gasteiger partial charge in [0.2, 0.25) is 11.7 Å². The number of methoxy groups -OCH3 is 2. The fraction of sp³-hybridized carbons (Fsp3) is 0.250. The van der Waals surface area contributed by atoms with Gasteiger partial charge in [-0.1, -0.05) is 0 Å². The van der Waals surface area contributed by atoms with Crippen LogP contribution in [-0.4, -0.2) is 40.3 Å². The normalized spacial score (nSPS) is 10.5. The zero-order valence-corrected chi connectivity index (χ0v) is 14.0. The Hall–Kier alpha value is -3.36. The molecular weight excluding hydrogens is 326 g/mol. The number of anilines is 1. The highest BCUT2D eigenvalue weighted by atomic mass is 16.5. The predicted octanol–water partition coefficient (Wildman–Crippen LogP) is 1.90. The van der Waals surface area contributed by atoms with Gasteiger partial charge in [0.05, 0.1) is 14.2 Å². The molecule has 0 saturated heterocycles. The van der Waals surface area contributed by atoms with E-state index in [1.165, 1.54) is 11.9 Å². The van der Waals surface area contributed by atoms with Crippen molar-refractivity contribution in [1.29, 1.82) is 0 Å². The smallest absolute Gasteiger partial charge is 0.248 e. The molecule has 0 aliphatic rings. The largest absolute Gasteiger partial charge is 0.493 e. The van der Waals surface area contributed by atoms with E-state index in [9.17, 15) is 4.79 Å². The molecule has 0 bridgehead atoms. The van der Waals surface area contributed by atoms with Gasteiger partial charge in [-0.05, 0) is 36.4 Å². The van der Waals surface area contributed by atoms with Crippen LogP contribution in [-0.2, 0) is 11.3 Å². The number of hydrogen-bond acceptors (Lipinski definition) is 7. The second kappa shape index (κ2) is 7.04. The Kier molecular flexibility index (Phi) is 4.64. The van der Waals surface area contributed by atoms with Crippen LogP contribution in [0.15, 0.2) is 34.7 Å². The minimum absolute atomic E-state index is 0.0823. The Balaban J connectivity index is 1.66. The predicted molar refractivity (Wildman–Crippen MR) is 88.4 cm³/mol. The molecule has 0 aliphatic heterocycles. The number of furan rings is 1. The van der Waals surface area contributed by atoms with Gasteiger partial charge >= 0.3 is 0 Å². The topological polar surface area (TPSA) is 104 Å². The summed E-state index contributed by atoms with van der Waals surface area (Å²) in [5.74, 6) is 2.38. The Morgan fingerprint density at radius 3 is 2.68 bits per heavy atom. The number of hydrogen-bond donors (Lipinski definition) is 1. The fourth-order valence-electron chi connectivity index (χ4n) is 2.21. The van der Waals surface area contributed by atoms with Gasteiger partial charge in [0, 0.05) is 11.8 Å².